The molecular formula is C13H19N3O2S. The molecule has 2 rings (SSSR count). The summed E-state index contributed by atoms with van der Waals surface area (Å²) in [6.07, 6.45) is 1.77. The summed E-state index contributed by atoms with van der Waals surface area (Å²) in [6.45, 7) is 5.02. The summed E-state index contributed by atoms with van der Waals surface area (Å²) in [5, 5.41) is 5.84. The van der Waals surface area contributed by atoms with Crippen LogP contribution in [0, 0.1) is 6.92 Å². The molecule has 1 aliphatic rings. The number of carbonyl (C=O) groups excluding carboxylic acids is 2. The van der Waals surface area contributed by atoms with E-state index in [1.807, 2.05) is 19.2 Å². The Hall–Kier alpha value is -1.43. The number of aryl methyl sites for hydroxylation is 1. The van der Waals surface area contributed by atoms with E-state index in [9.17, 15) is 9.59 Å². The molecule has 5 nitrogen and oxygen atoms in total. The Labute approximate surface area is 117 Å². The molecule has 0 saturated carbocycles. The number of hydrogen-bond acceptors (Lipinski definition) is 4. The summed E-state index contributed by atoms with van der Waals surface area (Å²) in [5.74, 6) is -0.00694. The highest BCUT2D eigenvalue weighted by atomic mass is 32.1. The SMILES string of the molecule is CCC1NC(=O)CCN(CCc2csc(C)n2)C1=O. The molecule has 104 valence electrons. The minimum atomic E-state index is -0.368. The Kier molecular flexibility index (Phi) is 4.52. The maximum Gasteiger partial charge on any atom is 0.245 e. The Morgan fingerprint density at radius 2 is 2.32 bits per heavy atom. The van der Waals surface area contributed by atoms with Gasteiger partial charge in [0.15, 0.2) is 0 Å². The number of rotatable bonds is 4. The molecule has 19 heavy (non-hydrogen) atoms. The van der Waals surface area contributed by atoms with Crippen molar-refractivity contribution in [1.82, 2.24) is 15.2 Å². The maximum absolute atomic E-state index is 12.2. The van der Waals surface area contributed by atoms with Gasteiger partial charge in [0, 0.05) is 31.3 Å². The lowest BCUT2D eigenvalue weighted by molar-refractivity contribution is -0.133. The Bertz CT molecular complexity index is 472. The molecule has 1 N–H and O–H groups in total. The van der Waals surface area contributed by atoms with Gasteiger partial charge in [0.05, 0.1) is 10.7 Å². The predicted octanol–water partition coefficient (Wildman–Crippen LogP) is 1.12. The summed E-state index contributed by atoms with van der Waals surface area (Å²) in [4.78, 5) is 29.9. The minimum Gasteiger partial charge on any atom is -0.344 e. The third kappa shape index (κ3) is 3.53. The number of aromatic nitrogens is 1. The van der Waals surface area contributed by atoms with Crippen molar-refractivity contribution in [3.05, 3.63) is 16.1 Å². The van der Waals surface area contributed by atoms with Crippen molar-refractivity contribution in [3.8, 4) is 0 Å². The molecular weight excluding hydrogens is 262 g/mol. The van der Waals surface area contributed by atoms with E-state index in [2.05, 4.69) is 10.3 Å². The highest BCUT2D eigenvalue weighted by Crippen LogP contribution is 2.11. The smallest absolute Gasteiger partial charge is 0.245 e. The Balaban J connectivity index is 1.97. The van der Waals surface area contributed by atoms with Crippen LogP contribution in [0.2, 0.25) is 0 Å². The first-order chi connectivity index (χ1) is 9.10. The number of carbonyl (C=O) groups is 2. The Morgan fingerprint density at radius 1 is 1.53 bits per heavy atom. The van der Waals surface area contributed by atoms with Gasteiger partial charge in [-0.15, -0.1) is 11.3 Å². The normalized spacial score (nSPS) is 20.3. The summed E-state index contributed by atoms with van der Waals surface area (Å²) in [6, 6.07) is -0.368. The summed E-state index contributed by atoms with van der Waals surface area (Å²) in [7, 11) is 0. The number of amides is 2. The van der Waals surface area contributed by atoms with Crippen LogP contribution in [-0.4, -0.2) is 40.8 Å². The summed E-state index contributed by atoms with van der Waals surface area (Å²) >= 11 is 1.62. The van der Waals surface area contributed by atoms with E-state index < -0.39 is 0 Å². The molecule has 0 spiro atoms. The molecule has 1 aliphatic heterocycles. The van der Waals surface area contributed by atoms with Gasteiger partial charge in [0.2, 0.25) is 11.8 Å². The zero-order valence-electron chi connectivity index (χ0n) is 11.3. The second kappa shape index (κ2) is 6.14. The van der Waals surface area contributed by atoms with Crippen molar-refractivity contribution in [2.75, 3.05) is 13.1 Å². The number of nitrogens with zero attached hydrogens (tertiary/aromatic N) is 2. The predicted molar refractivity (Wildman–Crippen MR) is 74.0 cm³/mol. The van der Waals surface area contributed by atoms with Crippen LogP contribution in [0.15, 0.2) is 5.38 Å². The van der Waals surface area contributed by atoms with E-state index in [4.69, 9.17) is 0 Å². The van der Waals surface area contributed by atoms with Gasteiger partial charge in [-0.05, 0) is 13.3 Å². The number of nitrogens with one attached hydrogen (secondary N) is 1. The molecule has 0 aromatic carbocycles. The monoisotopic (exact) mass is 281 g/mol. The fourth-order valence-electron chi connectivity index (χ4n) is 2.17. The summed E-state index contributed by atoms with van der Waals surface area (Å²) < 4.78 is 0. The van der Waals surface area contributed by atoms with Crippen molar-refractivity contribution < 1.29 is 9.59 Å². The molecule has 1 fully saturated rings. The zero-order valence-corrected chi connectivity index (χ0v) is 12.1. The molecule has 2 amide bonds. The van der Waals surface area contributed by atoms with Crippen LogP contribution in [0.25, 0.3) is 0 Å². The third-order valence-electron chi connectivity index (χ3n) is 3.27. The van der Waals surface area contributed by atoms with E-state index in [1.54, 1.807) is 16.2 Å². The first-order valence-electron chi connectivity index (χ1n) is 6.59. The van der Waals surface area contributed by atoms with Crippen LogP contribution in [0.3, 0.4) is 0 Å². The second-order valence-corrected chi connectivity index (χ2v) is 5.77. The maximum atomic E-state index is 12.2. The van der Waals surface area contributed by atoms with Crippen LogP contribution in [-0.2, 0) is 16.0 Å². The van der Waals surface area contributed by atoms with Crippen molar-refractivity contribution in [2.45, 2.75) is 39.2 Å². The minimum absolute atomic E-state index is 0.0281. The average molecular weight is 281 g/mol. The first-order valence-corrected chi connectivity index (χ1v) is 7.47. The average Bonchev–Trinajstić information content (AvgIpc) is 2.75. The highest BCUT2D eigenvalue weighted by Gasteiger charge is 2.28. The number of hydrogen-bond donors (Lipinski definition) is 1. The summed E-state index contributed by atoms with van der Waals surface area (Å²) in [5.41, 5.74) is 1.02. The van der Waals surface area contributed by atoms with Crippen molar-refractivity contribution >= 4 is 23.2 Å². The lowest BCUT2D eigenvalue weighted by Crippen LogP contribution is -2.44. The Morgan fingerprint density at radius 3 is 2.95 bits per heavy atom. The van der Waals surface area contributed by atoms with Gasteiger partial charge in [-0.3, -0.25) is 9.59 Å². The molecule has 1 aromatic heterocycles. The van der Waals surface area contributed by atoms with Crippen LogP contribution >= 0.6 is 11.3 Å². The molecule has 0 radical (unpaired) electrons. The standard InChI is InChI=1S/C13H19N3O2S/c1-3-11-13(18)16(7-5-12(17)15-11)6-4-10-8-19-9(2)14-10/h8,11H,3-7H2,1-2H3,(H,15,17). The van der Waals surface area contributed by atoms with Gasteiger partial charge in [0.1, 0.15) is 6.04 Å². The lowest BCUT2D eigenvalue weighted by atomic mass is 10.2. The van der Waals surface area contributed by atoms with E-state index in [0.717, 1.165) is 17.1 Å². The van der Waals surface area contributed by atoms with E-state index in [0.29, 0.717) is 25.9 Å². The molecule has 0 aliphatic carbocycles. The fourth-order valence-corrected chi connectivity index (χ4v) is 2.81. The van der Waals surface area contributed by atoms with Gasteiger partial charge in [-0.25, -0.2) is 4.98 Å². The van der Waals surface area contributed by atoms with E-state index in [-0.39, 0.29) is 17.9 Å². The van der Waals surface area contributed by atoms with Crippen LogP contribution in [0.5, 0.6) is 0 Å². The number of thiazole rings is 1. The van der Waals surface area contributed by atoms with Gasteiger partial charge in [0.25, 0.3) is 0 Å². The quantitative estimate of drug-likeness (QED) is 0.899. The van der Waals surface area contributed by atoms with Crippen molar-refractivity contribution in [2.24, 2.45) is 0 Å². The van der Waals surface area contributed by atoms with Crippen molar-refractivity contribution in [1.29, 1.82) is 0 Å². The molecule has 6 heteroatoms. The molecule has 1 atom stereocenters. The molecule has 1 unspecified atom stereocenters. The molecule has 0 bridgehead atoms. The van der Waals surface area contributed by atoms with Crippen LogP contribution in [0.1, 0.15) is 30.5 Å². The van der Waals surface area contributed by atoms with E-state index >= 15 is 0 Å². The second-order valence-electron chi connectivity index (χ2n) is 4.71. The largest absolute Gasteiger partial charge is 0.344 e. The fraction of sp³-hybridized carbons (Fsp3) is 0.615. The van der Waals surface area contributed by atoms with Gasteiger partial charge in [-0.1, -0.05) is 6.92 Å². The highest BCUT2D eigenvalue weighted by molar-refractivity contribution is 7.09. The van der Waals surface area contributed by atoms with Gasteiger partial charge >= 0.3 is 0 Å². The van der Waals surface area contributed by atoms with Crippen LogP contribution in [0.4, 0.5) is 0 Å². The van der Waals surface area contributed by atoms with Crippen molar-refractivity contribution in [3.63, 3.8) is 0 Å². The molecule has 1 saturated heterocycles. The molecule has 2 heterocycles. The van der Waals surface area contributed by atoms with Gasteiger partial charge < -0.3 is 10.2 Å². The zero-order chi connectivity index (χ0) is 13.8. The third-order valence-corrected chi connectivity index (χ3v) is 4.09. The topological polar surface area (TPSA) is 62.3 Å². The first kappa shape index (κ1) is 14.0. The van der Waals surface area contributed by atoms with Gasteiger partial charge in [-0.2, -0.15) is 0 Å². The lowest BCUT2D eigenvalue weighted by Gasteiger charge is -2.23. The van der Waals surface area contributed by atoms with E-state index in [1.165, 1.54) is 0 Å². The molecule has 1 aromatic rings. The van der Waals surface area contributed by atoms with Crippen LogP contribution < -0.4 is 5.32 Å².